The van der Waals surface area contributed by atoms with Crippen LogP contribution in [0.2, 0.25) is 5.02 Å². The van der Waals surface area contributed by atoms with Gasteiger partial charge in [-0.15, -0.1) is 0 Å². The summed E-state index contributed by atoms with van der Waals surface area (Å²) in [5.41, 5.74) is -0.953. The topological polar surface area (TPSA) is 84.9 Å². The molecule has 0 spiro atoms. The number of nitrogens with one attached hydrogen (secondary N) is 1. The lowest BCUT2D eigenvalue weighted by Crippen LogP contribution is -2.28. The second-order valence-electron chi connectivity index (χ2n) is 5.06. The molecule has 0 aliphatic rings. The zero-order chi connectivity index (χ0) is 16.4. The van der Waals surface area contributed by atoms with Gasteiger partial charge in [0.1, 0.15) is 11.3 Å². The van der Waals surface area contributed by atoms with Crippen molar-refractivity contribution in [1.29, 1.82) is 0 Å². The summed E-state index contributed by atoms with van der Waals surface area (Å²) < 4.78 is 10.5. The summed E-state index contributed by atoms with van der Waals surface area (Å²) in [5.74, 6) is -1.15. The second kappa shape index (κ2) is 6.53. The Morgan fingerprint density at radius 3 is 2.38 bits per heavy atom. The summed E-state index contributed by atoms with van der Waals surface area (Å²) in [7, 11) is 1.34. The Bertz CT molecular complexity index is 583. The number of carbonyl (C=O) groups excluding carboxylic acids is 1. The molecule has 1 amide bonds. The van der Waals surface area contributed by atoms with E-state index in [1.54, 1.807) is 20.8 Å². The van der Waals surface area contributed by atoms with Crippen molar-refractivity contribution in [3.63, 3.8) is 0 Å². The SMILES string of the molecule is COc1c(Br)c(Cl)cc(C(=O)O)c1NC(=O)OC(C)(C)C. The summed E-state index contributed by atoms with van der Waals surface area (Å²) in [6, 6.07) is 1.21. The van der Waals surface area contributed by atoms with E-state index in [2.05, 4.69) is 21.2 Å². The first kappa shape index (κ1) is 17.6. The largest absolute Gasteiger partial charge is 0.493 e. The molecule has 2 N–H and O–H groups in total. The number of ether oxygens (including phenoxy) is 2. The van der Waals surface area contributed by atoms with Crippen molar-refractivity contribution in [2.24, 2.45) is 0 Å². The zero-order valence-corrected chi connectivity index (χ0v) is 14.3. The first-order valence-corrected chi connectivity index (χ1v) is 7.03. The van der Waals surface area contributed by atoms with Crippen molar-refractivity contribution in [1.82, 2.24) is 0 Å². The molecule has 0 saturated heterocycles. The Balaban J connectivity index is 3.29. The van der Waals surface area contributed by atoms with Crippen LogP contribution in [0.25, 0.3) is 0 Å². The molecule has 0 unspecified atom stereocenters. The summed E-state index contributed by atoms with van der Waals surface area (Å²) >= 11 is 9.11. The van der Waals surface area contributed by atoms with Gasteiger partial charge in [0, 0.05) is 0 Å². The van der Waals surface area contributed by atoms with Crippen molar-refractivity contribution in [2.75, 3.05) is 12.4 Å². The number of benzene rings is 1. The second-order valence-corrected chi connectivity index (χ2v) is 6.26. The molecule has 6 nitrogen and oxygen atoms in total. The van der Waals surface area contributed by atoms with E-state index in [0.717, 1.165) is 0 Å². The molecular weight excluding hydrogens is 366 g/mol. The molecule has 1 aromatic rings. The molecule has 0 aromatic heterocycles. The number of amides is 1. The molecule has 116 valence electrons. The van der Waals surface area contributed by atoms with Crippen LogP contribution in [-0.4, -0.2) is 29.9 Å². The van der Waals surface area contributed by atoms with Crippen molar-refractivity contribution in [2.45, 2.75) is 26.4 Å². The minimum Gasteiger partial charge on any atom is -0.493 e. The average Bonchev–Trinajstić information content (AvgIpc) is 2.31. The Morgan fingerprint density at radius 1 is 1.38 bits per heavy atom. The highest BCUT2D eigenvalue weighted by molar-refractivity contribution is 9.10. The van der Waals surface area contributed by atoms with Crippen LogP contribution in [0.15, 0.2) is 10.5 Å². The first-order chi connectivity index (χ1) is 9.56. The fourth-order valence-corrected chi connectivity index (χ4v) is 2.16. The van der Waals surface area contributed by atoms with E-state index in [9.17, 15) is 14.7 Å². The van der Waals surface area contributed by atoms with Crippen molar-refractivity contribution in [3.8, 4) is 5.75 Å². The summed E-state index contributed by atoms with van der Waals surface area (Å²) in [5, 5.41) is 11.8. The van der Waals surface area contributed by atoms with Gasteiger partial charge < -0.3 is 14.6 Å². The molecule has 1 aromatic carbocycles. The van der Waals surface area contributed by atoms with Crippen molar-refractivity contribution < 1.29 is 24.2 Å². The van der Waals surface area contributed by atoms with Gasteiger partial charge in [-0.2, -0.15) is 0 Å². The first-order valence-electron chi connectivity index (χ1n) is 5.86. The predicted molar refractivity (Wildman–Crippen MR) is 82.5 cm³/mol. The predicted octanol–water partition coefficient (Wildman–Crippen LogP) is 4.16. The smallest absolute Gasteiger partial charge is 0.412 e. The minimum atomic E-state index is -1.26. The van der Waals surface area contributed by atoms with Gasteiger partial charge in [0.2, 0.25) is 0 Å². The highest BCUT2D eigenvalue weighted by Gasteiger charge is 2.24. The average molecular weight is 381 g/mol. The number of anilines is 1. The maximum absolute atomic E-state index is 11.8. The quantitative estimate of drug-likeness (QED) is 0.822. The van der Waals surface area contributed by atoms with Gasteiger partial charge in [0.05, 0.1) is 22.2 Å². The van der Waals surface area contributed by atoms with Crippen LogP contribution in [0.1, 0.15) is 31.1 Å². The molecular formula is C13H15BrClNO5. The molecule has 1 rings (SSSR count). The van der Waals surface area contributed by atoms with Crippen molar-refractivity contribution >= 4 is 45.3 Å². The number of carboxylic acid groups (broad SMARTS) is 1. The number of hydrogen-bond acceptors (Lipinski definition) is 4. The van der Waals surface area contributed by atoms with E-state index in [1.165, 1.54) is 13.2 Å². The van der Waals surface area contributed by atoms with Crippen LogP contribution in [0, 0.1) is 0 Å². The van der Waals surface area contributed by atoms with Crippen LogP contribution in [-0.2, 0) is 4.74 Å². The van der Waals surface area contributed by atoms with Gasteiger partial charge in [0.15, 0.2) is 5.75 Å². The lowest BCUT2D eigenvalue weighted by atomic mass is 10.1. The lowest BCUT2D eigenvalue weighted by molar-refractivity contribution is 0.0635. The van der Waals surface area contributed by atoms with E-state index in [4.69, 9.17) is 21.1 Å². The van der Waals surface area contributed by atoms with Crippen molar-refractivity contribution in [3.05, 3.63) is 21.1 Å². The van der Waals surface area contributed by atoms with E-state index in [-0.39, 0.29) is 22.0 Å². The third kappa shape index (κ3) is 4.50. The Labute approximate surface area is 135 Å². The zero-order valence-electron chi connectivity index (χ0n) is 11.9. The number of carboxylic acids is 1. The van der Waals surface area contributed by atoms with Gasteiger partial charge >= 0.3 is 12.1 Å². The number of methoxy groups -OCH3 is 1. The van der Waals surface area contributed by atoms with E-state index < -0.39 is 17.7 Å². The standard InChI is InChI=1S/C13H15BrClNO5/c1-13(2,3)21-12(19)16-9-6(11(17)18)5-7(15)8(14)10(9)20-4/h5H,1-4H3,(H,16,19)(H,17,18). The van der Waals surface area contributed by atoms with Crippen LogP contribution in [0.5, 0.6) is 5.75 Å². The Hall–Kier alpha value is -1.47. The normalized spacial score (nSPS) is 11.0. The van der Waals surface area contributed by atoms with Gasteiger partial charge in [0.25, 0.3) is 0 Å². The molecule has 0 aliphatic carbocycles. The minimum absolute atomic E-state index is 0.0319. The molecule has 0 heterocycles. The van der Waals surface area contributed by atoms with E-state index >= 15 is 0 Å². The number of aromatic carboxylic acids is 1. The van der Waals surface area contributed by atoms with Crippen LogP contribution in [0.4, 0.5) is 10.5 Å². The molecule has 0 bridgehead atoms. The number of carbonyl (C=O) groups is 2. The lowest BCUT2D eigenvalue weighted by Gasteiger charge is -2.21. The maximum atomic E-state index is 11.8. The molecule has 8 heteroatoms. The van der Waals surface area contributed by atoms with E-state index in [1.807, 2.05) is 0 Å². The van der Waals surface area contributed by atoms with Crippen LogP contribution in [0.3, 0.4) is 0 Å². The van der Waals surface area contributed by atoms with Crippen LogP contribution < -0.4 is 10.1 Å². The molecule has 21 heavy (non-hydrogen) atoms. The Morgan fingerprint density at radius 2 is 1.95 bits per heavy atom. The number of halogens is 2. The molecule has 0 aliphatic heterocycles. The molecule has 0 fully saturated rings. The molecule has 0 saturated carbocycles. The van der Waals surface area contributed by atoms with Gasteiger partial charge in [-0.3, -0.25) is 5.32 Å². The van der Waals surface area contributed by atoms with Gasteiger partial charge in [-0.25, -0.2) is 9.59 Å². The van der Waals surface area contributed by atoms with Gasteiger partial charge in [-0.05, 0) is 42.8 Å². The highest BCUT2D eigenvalue weighted by atomic mass is 79.9. The third-order valence-corrected chi connectivity index (χ3v) is 3.55. The van der Waals surface area contributed by atoms with Crippen LogP contribution >= 0.6 is 27.5 Å². The fraction of sp³-hybridized carbons (Fsp3) is 0.385. The summed E-state index contributed by atoms with van der Waals surface area (Å²) in [6.07, 6.45) is -0.794. The molecule has 0 atom stereocenters. The summed E-state index contributed by atoms with van der Waals surface area (Å²) in [6.45, 7) is 5.08. The molecule has 0 radical (unpaired) electrons. The third-order valence-electron chi connectivity index (χ3n) is 2.24. The van der Waals surface area contributed by atoms with Gasteiger partial charge in [-0.1, -0.05) is 11.6 Å². The Kier molecular flexibility index (Phi) is 5.47. The summed E-state index contributed by atoms with van der Waals surface area (Å²) in [4.78, 5) is 23.1. The number of hydrogen-bond donors (Lipinski definition) is 2. The number of rotatable bonds is 3. The van der Waals surface area contributed by atoms with E-state index in [0.29, 0.717) is 4.47 Å². The highest BCUT2D eigenvalue weighted by Crippen LogP contribution is 2.41. The monoisotopic (exact) mass is 379 g/mol. The maximum Gasteiger partial charge on any atom is 0.412 e. The fourth-order valence-electron chi connectivity index (χ4n) is 1.49.